The topological polar surface area (TPSA) is 3.24 Å². The maximum absolute atomic E-state index is 2.62. The molecule has 4 saturated carbocycles. The van der Waals surface area contributed by atoms with Gasteiger partial charge in [0, 0.05) is 16.8 Å². The fraction of sp³-hybridized carbons (Fsp3) is 0.171. The number of benzene rings is 10. The number of hydrogen-bond acceptors (Lipinski definition) is 1. The number of rotatable bonds is 8. The Balaban J connectivity index is 1.02. The van der Waals surface area contributed by atoms with Gasteiger partial charge in [-0.15, -0.1) is 0 Å². The van der Waals surface area contributed by atoms with E-state index in [0.717, 1.165) is 29.1 Å². The fourth-order valence-electron chi connectivity index (χ4n) is 16.0. The lowest BCUT2D eigenvalue weighted by molar-refractivity contribution is -0.00449. The van der Waals surface area contributed by atoms with Crippen molar-refractivity contribution >= 4 is 27.8 Å². The van der Waals surface area contributed by atoms with Crippen LogP contribution in [0.25, 0.3) is 33.0 Å². The first-order chi connectivity index (χ1) is 35.1. The molecule has 71 heavy (non-hydrogen) atoms. The first kappa shape index (κ1) is 41.1. The van der Waals surface area contributed by atoms with E-state index in [9.17, 15) is 0 Å². The van der Waals surface area contributed by atoms with Gasteiger partial charge in [0.1, 0.15) is 0 Å². The lowest BCUT2D eigenvalue weighted by Gasteiger charge is -2.57. The average Bonchev–Trinajstić information content (AvgIpc) is 3.90. The second kappa shape index (κ2) is 15.6. The minimum Gasteiger partial charge on any atom is -0.310 e. The molecule has 4 bridgehead atoms. The molecule has 6 aliphatic rings. The van der Waals surface area contributed by atoms with Gasteiger partial charge >= 0.3 is 0 Å². The molecule has 0 radical (unpaired) electrons. The van der Waals surface area contributed by atoms with Crippen LogP contribution in [-0.2, 0) is 16.2 Å². The van der Waals surface area contributed by atoms with Gasteiger partial charge in [-0.25, -0.2) is 0 Å². The Hall–Kier alpha value is -7.74. The van der Waals surface area contributed by atoms with Crippen molar-refractivity contribution in [1.82, 2.24) is 0 Å². The molecule has 4 fully saturated rings. The smallest absolute Gasteiger partial charge is 0.0714 e. The fourth-order valence-corrected chi connectivity index (χ4v) is 16.0. The largest absolute Gasteiger partial charge is 0.310 e. The molecule has 0 N–H and O–H groups in total. The summed E-state index contributed by atoms with van der Waals surface area (Å²) in [5.41, 5.74) is 19.8. The van der Waals surface area contributed by atoms with Gasteiger partial charge in [0.15, 0.2) is 0 Å². The van der Waals surface area contributed by atoms with Gasteiger partial charge < -0.3 is 4.90 Å². The van der Waals surface area contributed by atoms with Crippen molar-refractivity contribution in [2.45, 2.75) is 54.8 Å². The van der Waals surface area contributed by atoms with E-state index in [2.05, 4.69) is 248 Å². The van der Waals surface area contributed by atoms with Gasteiger partial charge in [0.2, 0.25) is 0 Å². The monoisotopic (exact) mass is 909 g/mol. The third kappa shape index (κ3) is 5.81. The molecule has 0 spiro atoms. The molecule has 0 saturated heterocycles. The first-order valence-corrected chi connectivity index (χ1v) is 26.2. The highest BCUT2D eigenvalue weighted by Crippen LogP contribution is 2.63. The van der Waals surface area contributed by atoms with E-state index in [1.807, 2.05) is 0 Å². The van der Waals surface area contributed by atoms with Crippen LogP contribution in [0.2, 0.25) is 0 Å². The van der Waals surface area contributed by atoms with Gasteiger partial charge in [-0.2, -0.15) is 0 Å². The molecule has 10 aromatic rings. The highest BCUT2D eigenvalue weighted by Gasteiger charge is 2.53. The minimum absolute atomic E-state index is 0.256. The van der Waals surface area contributed by atoms with E-state index in [1.165, 1.54) is 122 Å². The van der Waals surface area contributed by atoms with Gasteiger partial charge in [0.05, 0.1) is 16.5 Å². The minimum atomic E-state index is -0.532. The summed E-state index contributed by atoms with van der Waals surface area (Å²) in [6.07, 6.45) is 8.33. The Labute approximate surface area is 418 Å². The standard InChI is InChI=1S/C70H55N/c1-5-19-50(20-6-1)69(51-21-7-2-8-22-51)63-31-17-15-27-56(63)59-35-33-54(42-65(59)69)71(67-38-37-62(58-29-13-14-30-61(58)67)68-44-47-39-48(45-68)41-49(40-47)46-68)55-34-36-60-57-28-16-18-32-64(57)70(66(60)43-55,52-23-9-3-10-24-52)53-25-11-4-12-26-53/h1-38,42-43,47-49H,39-41,44-46H2. The average molecular weight is 910 g/mol. The summed E-state index contributed by atoms with van der Waals surface area (Å²) in [4.78, 5) is 2.62. The Bertz CT molecular complexity index is 3390. The normalized spacial score (nSPS) is 21.3. The molecule has 0 amide bonds. The molecule has 1 nitrogen and oxygen atoms in total. The van der Waals surface area contributed by atoms with Gasteiger partial charge in [-0.05, 0) is 170 Å². The van der Waals surface area contributed by atoms with E-state index < -0.39 is 10.8 Å². The molecule has 0 atom stereocenters. The van der Waals surface area contributed by atoms with Crippen molar-refractivity contribution in [2.24, 2.45) is 17.8 Å². The van der Waals surface area contributed by atoms with E-state index in [0.29, 0.717) is 0 Å². The first-order valence-electron chi connectivity index (χ1n) is 26.2. The predicted molar refractivity (Wildman–Crippen MR) is 293 cm³/mol. The summed E-state index contributed by atoms with van der Waals surface area (Å²) in [6.45, 7) is 0. The van der Waals surface area contributed by atoms with Crippen LogP contribution in [0.4, 0.5) is 17.1 Å². The zero-order valence-corrected chi connectivity index (χ0v) is 40.0. The zero-order chi connectivity index (χ0) is 46.7. The molecule has 340 valence electrons. The summed E-state index contributed by atoms with van der Waals surface area (Å²) >= 11 is 0. The Morgan fingerprint density at radius 1 is 0.296 bits per heavy atom. The molecule has 0 unspecified atom stereocenters. The SMILES string of the molecule is c1ccc(C2(c3ccccc3)c3ccccc3-c3ccc(N(c4ccc5c(c4)C(c4ccccc4)(c4ccccc4)c4ccccc4-5)c4ccc(C56CC7CC(CC(C7)C5)C6)c5ccccc45)cc32)cc1. The summed E-state index contributed by atoms with van der Waals surface area (Å²) < 4.78 is 0. The van der Waals surface area contributed by atoms with Gasteiger partial charge in [0.25, 0.3) is 0 Å². The highest BCUT2D eigenvalue weighted by atomic mass is 15.1. The molecule has 0 aliphatic heterocycles. The quantitative estimate of drug-likeness (QED) is 0.147. The van der Waals surface area contributed by atoms with Crippen molar-refractivity contribution in [2.75, 3.05) is 4.90 Å². The number of hydrogen-bond donors (Lipinski definition) is 0. The third-order valence-electron chi connectivity index (χ3n) is 18.2. The summed E-state index contributed by atoms with van der Waals surface area (Å²) in [7, 11) is 0. The van der Waals surface area contributed by atoms with Crippen LogP contribution in [0, 0.1) is 17.8 Å². The molecule has 0 aromatic heterocycles. The van der Waals surface area contributed by atoms with Crippen LogP contribution in [-0.4, -0.2) is 0 Å². The van der Waals surface area contributed by atoms with Gasteiger partial charge in [-0.3, -0.25) is 0 Å². The second-order valence-electron chi connectivity index (χ2n) is 21.7. The molecule has 1 heteroatoms. The number of anilines is 3. The van der Waals surface area contributed by atoms with Gasteiger partial charge in [-0.1, -0.05) is 212 Å². The highest BCUT2D eigenvalue weighted by molar-refractivity contribution is 6.02. The summed E-state index contributed by atoms with van der Waals surface area (Å²) in [5, 5.41) is 2.74. The maximum Gasteiger partial charge on any atom is 0.0714 e. The van der Waals surface area contributed by atoms with Crippen molar-refractivity contribution < 1.29 is 0 Å². The van der Waals surface area contributed by atoms with E-state index >= 15 is 0 Å². The Morgan fingerprint density at radius 3 is 1.10 bits per heavy atom. The zero-order valence-electron chi connectivity index (χ0n) is 40.0. The van der Waals surface area contributed by atoms with Crippen LogP contribution >= 0.6 is 0 Å². The number of nitrogens with zero attached hydrogens (tertiary/aromatic N) is 1. The van der Waals surface area contributed by atoms with Crippen LogP contribution in [0.3, 0.4) is 0 Å². The third-order valence-corrected chi connectivity index (χ3v) is 18.2. The lowest BCUT2D eigenvalue weighted by atomic mass is 9.47. The molecule has 0 heterocycles. The van der Waals surface area contributed by atoms with Crippen molar-refractivity contribution in [1.29, 1.82) is 0 Å². The van der Waals surface area contributed by atoms with Crippen molar-refractivity contribution in [3.8, 4) is 22.3 Å². The molecular weight excluding hydrogens is 855 g/mol. The lowest BCUT2D eigenvalue weighted by Crippen LogP contribution is -2.48. The Morgan fingerprint density at radius 2 is 0.662 bits per heavy atom. The molecule has 6 aliphatic carbocycles. The maximum atomic E-state index is 2.62. The Kier molecular flexibility index (Phi) is 9.04. The predicted octanol–water partition coefficient (Wildman–Crippen LogP) is 17.5. The number of fused-ring (bicyclic) bond motifs is 7. The molecular formula is C70H55N. The van der Waals surface area contributed by atoms with Crippen LogP contribution in [0.1, 0.15) is 88.6 Å². The van der Waals surface area contributed by atoms with E-state index in [1.54, 1.807) is 5.56 Å². The second-order valence-corrected chi connectivity index (χ2v) is 21.7. The summed E-state index contributed by atoms with van der Waals surface area (Å²) in [5.74, 6) is 2.60. The van der Waals surface area contributed by atoms with E-state index in [4.69, 9.17) is 0 Å². The molecule has 10 aromatic carbocycles. The molecule has 16 rings (SSSR count). The van der Waals surface area contributed by atoms with E-state index in [-0.39, 0.29) is 5.41 Å². The summed E-state index contributed by atoms with van der Waals surface area (Å²) in [6, 6.07) is 92.6. The van der Waals surface area contributed by atoms with Crippen LogP contribution in [0.15, 0.2) is 243 Å². The van der Waals surface area contributed by atoms with Crippen molar-refractivity contribution in [3.05, 3.63) is 293 Å². The van der Waals surface area contributed by atoms with Crippen molar-refractivity contribution in [3.63, 3.8) is 0 Å². The van der Waals surface area contributed by atoms with Crippen LogP contribution in [0.5, 0.6) is 0 Å². The van der Waals surface area contributed by atoms with Crippen LogP contribution < -0.4 is 4.90 Å².